The van der Waals surface area contributed by atoms with Crippen LogP contribution in [0.3, 0.4) is 0 Å². The van der Waals surface area contributed by atoms with E-state index < -0.39 is 33.9 Å². The quantitative estimate of drug-likeness (QED) is 0.518. The van der Waals surface area contributed by atoms with Crippen LogP contribution in [-0.4, -0.2) is 38.9 Å². The molecule has 154 valence electrons. The predicted octanol–water partition coefficient (Wildman–Crippen LogP) is 1.02. The Morgan fingerprint density at radius 1 is 1.03 bits per heavy atom. The summed E-state index contributed by atoms with van der Waals surface area (Å²) in [5, 5.41) is 2.54. The molecule has 0 saturated carbocycles. The SMILES string of the molecule is C[C@H](OC(=O)CCNS(=O)(=O)c1ccccc1)C(=O)Nc1ccc(C(N)=O)cc1. The average Bonchev–Trinajstić information content (AvgIpc) is 2.68. The number of nitrogens with two attached hydrogens (primary N) is 1. The van der Waals surface area contributed by atoms with Gasteiger partial charge in [0, 0.05) is 17.8 Å². The number of hydrogen-bond donors (Lipinski definition) is 3. The molecule has 0 aliphatic heterocycles. The summed E-state index contributed by atoms with van der Waals surface area (Å²) in [6.07, 6.45) is -1.33. The number of ether oxygens (including phenoxy) is 1. The minimum atomic E-state index is -3.72. The van der Waals surface area contributed by atoms with E-state index in [0.717, 1.165) is 0 Å². The van der Waals surface area contributed by atoms with E-state index in [9.17, 15) is 22.8 Å². The van der Waals surface area contributed by atoms with Gasteiger partial charge in [-0.05, 0) is 43.3 Å². The number of esters is 1. The lowest BCUT2D eigenvalue weighted by molar-refractivity contribution is -0.152. The van der Waals surface area contributed by atoms with Crippen LogP contribution in [0.15, 0.2) is 59.5 Å². The zero-order valence-electron chi connectivity index (χ0n) is 15.6. The number of hydrogen-bond acceptors (Lipinski definition) is 6. The molecule has 0 aromatic heterocycles. The van der Waals surface area contributed by atoms with E-state index in [1.54, 1.807) is 18.2 Å². The monoisotopic (exact) mass is 419 g/mol. The number of benzene rings is 2. The average molecular weight is 419 g/mol. The summed E-state index contributed by atoms with van der Waals surface area (Å²) in [5.41, 5.74) is 5.83. The van der Waals surface area contributed by atoms with Crippen LogP contribution in [0.25, 0.3) is 0 Å². The van der Waals surface area contributed by atoms with Crippen LogP contribution in [-0.2, 0) is 24.3 Å². The minimum Gasteiger partial charge on any atom is -0.452 e. The van der Waals surface area contributed by atoms with E-state index in [-0.39, 0.29) is 17.9 Å². The molecule has 2 amide bonds. The van der Waals surface area contributed by atoms with Crippen molar-refractivity contribution in [2.45, 2.75) is 24.3 Å². The number of carbonyl (C=O) groups is 3. The highest BCUT2D eigenvalue weighted by molar-refractivity contribution is 7.89. The van der Waals surface area contributed by atoms with Crippen molar-refractivity contribution in [1.29, 1.82) is 0 Å². The van der Waals surface area contributed by atoms with E-state index in [2.05, 4.69) is 10.0 Å². The maximum Gasteiger partial charge on any atom is 0.307 e. The van der Waals surface area contributed by atoms with E-state index >= 15 is 0 Å². The Bertz CT molecular complexity index is 975. The molecule has 0 fully saturated rings. The van der Waals surface area contributed by atoms with E-state index in [1.807, 2.05) is 0 Å². The molecule has 29 heavy (non-hydrogen) atoms. The van der Waals surface area contributed by atoms with Crippen molar-refractivity contribution in [3.63, 3.8) is 0 Å². The van der Waals surface area contributed by atoms with Gasteiger partial charge in [-0.3, -0.25) is 14.4 Å². The van der Waals surface area contributed by atoms with Crippen molar-refractivity contribution in [3.05, 3.63) is 60.2 Å². The van der Waals surface area contributed by atoms with Crippen LogP contribution in [0, 0.1) is 0 Å². The fourth-order valence-electron chi connectivity index (χ4n) is 2.24. The van der Waals surface area contributed by atoms with Crippen molar-refractivity contribution >= 4 is 33.5 Å². The molecule has 1 atom stereocenters. The van der Waals surface area contributed by atoms with Gasteiger partial charge in [0.05, 0.1) is 11.3 Å². The first-order valence-corrected chi connectivity index (χ1v) is 10.1. The molecule has 4 N–H and O–H groups in total. The van der Waals surface area contributed by atoms with Crippen LogP contribution in [0.2, 0.25) is 0 Å². The third kappa shape index (κ3) is 6.70. The first kappa shape index (κ1) is 22.1. The molecule has 2 aromatic carbocycles. The summed E-state index contributed by atoms with van der Waals surface area (Å²) in [4.78, 5) is 35.1. The maximum absolute atomic E-state index is 12.1. The van der Waals surface area contributed by atoms with Gasteiger partial charge in [0.25, 0.3) is 5.91 Å². The van der Waals surface area contributed by atoms with Gasteiger partial charge < -0.3 is 15.8 Å². The molecule has 0 aliphatic carbocycles. The number of rotatable bonds is 9. The number of nitrogens with one attached hydrogen (secondary N) is 2. The summed E-state index contributed by atoms with van der Waals surface area (Å²) in [5.74, 6) is -1.89. The number of amides is 2. The molecule has 2 rings (SSSR count). The third-order valence-corrected chi connectivity index (χ3v) is 5.27. The highest BCUT2D eigenvalue weighted by Gasteiger charge is 2.19. The lowest BCUT2D eigenvalue weighted by Gasteiger charge is -2.14. The van der Waals surface area contributed by atoms with Crippen molar-refractivity contribution in [3.8, 4) is 0 Å². The molecule has 0 unspecified atom stereocenters. The fourth-order valence-corrected chi connectivity index (χ4v) is 3.29. The molecule has 9 nitrogen and oxygen atoms in total. The topological polar surface area (TPSA) is 145 Å². The summed E-state index contributed by atoms with van der Waals surface area (Å²) >= 11 is 0. The molecular formula is C19H21N3O6S. The van der Waals surface area contributed by atoms with E-state index in [1.165, 1.54) is 43.3 Å². The summed E-state index contributed by atoms with van der Waals surface area (Å²) in [7, 11) is -3.72. The molecule has 10 heteroatoms. The maximum atomic E-state index is 12.1. The summed E-state index contributed by atoms with van der Waals surface area (Å²) in [6.45, 7) is 1.22. The summed E-state index contributed by atoms with van der Waals surface area (Å²) < 4.78 is 31.4. The van der Waals surface area contributed by atoms with Gasteiger partial charge in [0.2, 0.25) is 15.9 Å². The van der Waals surface area contributed by atoms with Gasteiger partial charge in [-0.25, -0.2) is 13.1 Å². The molecule has 2 aromatic rings. The second-order valence-corrected chi connectivity index (χ2v) is 7.79. The van der Waals surface area contributed by atoms with Gasteiger partial charge in [-0.1, -0.05) is 18.2 Å². The van der Waals surface area contributed by atoms with Crippen molar-refractivity contribution < 1.29 is 27.5 Å². The number of primary amides is 1. The largest absolute Gasteiger partial charge is 0.452 e. The van der Waals surface area contributed by atoms with Crippen molar-refractivity contribution in [2.75, 3.05) is 11.9 Å². The van der Waals surface area contributed by atoms with Crippen LogP contribution in [0.4, 0.5) is 5.69 Å². The van der Waals surface area contributed by atoms with Crippen molar-refractivity contribution in [1.82, 2.24) is 4.72 Å². The highest BCUT2D eigenvalue weighted by atomic mass is 32.2. The zero-order chi connectivity index (χ0) is 21.4. The number of carbonyl (C=O) groups excluding carboxylic acids is 3. The molecule has 0 heterocycles. The lowest BCUT2D eigenvalue weighted by Crippen LogP contribution is -2.32. The molecular weight excluding hydrogens is 398 g/mol. The second-order valence-electron chi connectivity index (χ2n) is 6.02. The van der Waals surface area contributed by atoms with Crippen LogP contribution in [0.1, 0.15) is 23.7 Å². The van der Waals surface area contributed by atoms with Gasteiger partial charge in [0.1, 0.15) is 0 Å². The lowest BCUT2D eigenvalue weighted by atomic mass is 10.2. The first-order chi connectivity index (χ1) is 13.7. The molecule has 0 aliphatic rings. The standard InChI is InChI=1S/C19H21N3O6S/c1-13(19(25)22-15-9-7-14(8-10-15)18(20)24)28-17(23)11-12-21-29(26,27)16-5-3-2-4-6-16/h2-10,13,21H,11-12H2,1H3,(H2,20,24)(H,22,25)/t13-/m0/s1. The smallest absolute Gasteiger partial charge is 0.307 e. The normalized spacial score (nSPS) is 12.0. The minimum absolute atomic E-state index is 0.0865. The Labute approximate surface area is 168 Å². The second kappa shape index (κ2) is 9.80. The van der Waals surface area contributed by atoms with E-state index in [4.69, 9.17) is 10.5 Å². The Morgan fingerprint density at radius 3 is 2.24 bits per heavy atom. The molecule has 0 radical (unpaired) electrons. The zero-order valence-corrected chi connectivity index (χ0v) is 16.4. The highest BCUT2D eigenvalue weighted by Crippen LogP contribution is 2.11. The number of sulfonamides is 1. The van der Waals surface area contributed by atoms with Crippen LogP contribution in [0.5, 0.6) is 0 Å². The fraction of sp³-hybridized carbons (Fsp3) is 0.211. The Kier molecular flexibility index (Phi) is 7.46. The van der Waals surface area contributed by atoms with E-state index in [0.29, 0.717) is 11.3 Å². The molecule has 0 saturated heterocycles. The van der Waals surface area contributed by atoms with Gasteiger partial charge in [-0.2, -0.15) is 0 Å². The van der Waals surface area contributed by atoms with Crippen LogP contribution < -0.4 is 15.8 Å². The van der Waals surface area contributed by atoms with Crippen molar-refractivity contribution in [2.24, 2.45) is 5.73 Å². The van der Waals surface area contributed by atoms with Gasteiger partial charge in [-0.15, -0.1) is 0 Å². The Morgan fingerprint density at radius 2 is 1.66 bits per heavy atom. The number of anilines is 1. The third-order valence-electron chi connectivity index (χ3n) is 3.79. The van der Waals surface area contributed by atoms with Crippen LogP contribution >= 0.6 is 0 Å². The first-order valence-electron chi connectivity index (χ1n) is 8.64. The predicted molar refractivity (Wildman–Crippen MR) is 105 cm³/mol. The Hall–Kier alpha value is -3.24. The summed E-state index contributed by atoms with van der Waals surface area (Å²) in [6, 6.07) is 13.6. The van der Waals surface area contributed by atoms with Gasteiger partial charge >= 0.3 is 5.97 Å². The Balaban J connectivity index is 1.79. The molecule has 0 spiro atoms. The molecule has 0 bridgehead atoms. The van der Waals surface area contributed by atoms with Gasteiger partial charge in [0.15, 0.2) is 6.10 Å².